The van der Waals surface area contributed by atoms with E-state index in [0.717, 1.165) is 5.56 Å². The molecule has 0 heterocycles. The molecule has 0 saturated carbocycles. The third-order valence-electron chi connectivity index (χ3n) is 3.07. The van der Waals surface area contributed by atoms with Crippen LogP contribution < -0.4 is 10.6 Å². The van der Waals surface area contributed by atoms with E-state index in [1.165, 1.54) is 0 Å². The number of carboxylic acids is 1. The molecule has 6 nitrogen and oxygen atoms in total. The Morgan fingerprint density at radius 2 is 1.95 bits per heavy atom. The van der Waals surface area contributed by atoms with Gasteiger partial charge in [0.2, 0.25) is 0 Å². The van der Waals surface area contributed by atoms with E-state index in [1.807, 2.05) is 12.1 Å². The van der Waals surface area contributed by atoms with Gasteiger partial charge >= 0.3 is 12.0 Å². The Bertz CT molecular complexity index is 479. The second-order valence-electron chi connectivity index (χ2n) is 4.84. The van der Waals surface area contributed by atoms with Crippen LogP contribution in [-0.4, -0.2) is 43.9 Å². The lowest BCUT2D eigenvalue weighted by Gasteiger charge is -2.17. The molecule has 0 spiro atoms. The largest absolute Gasteiger partial charge is 0.481 e. The summed E-state index contributed by atoms with van der Waals surface area (Å²) in [5.41, 5.74) is 1.03. The van der Waals surface area contributed by atoms with E-state index >= 15 is 0 Å². The summed E-state index contributed by atoms with van der Waals surface area (Å²) in [6, 6.07) is 7.08. The number of hydrogen-bond donors (Lipinski definition) is 3. The summed E-state index contributed by atoms with van der Waals surface area (Å²) < 4.78 is 5.18. The average molecular weight is 329 g/mol. The summed E-state index contributed by atoms with van der Waals surface area (Å²) in [4.78, 5) is 22.0. The number of benzene rings is 1. The van der Waals surface area contributed by atoms with Crippen molar-refractivity contribution in [3.63, 3.8) is 0 Å². The van der Waals surface area contributed by atoms with Crippen molar-refractivity contribution in [3.05, 3.63) is 34.9 Å². The molecule has 1 atom stereocenters. The van der Waals surface area contributed by atoms with Crippen molar-refractivity contribution < 1.29 is 19.4 Å². The van der Waals surface area contributed by atoms with E-state index in [9.17, 15) is 9.59 Å². The molecule has 2 amide bonds. The van der Waals surface area contributed by atoms with E-state index in [4.69, 9.17) is 21.4 Å². The van der Waals surface area contributed by atoms with Gasteiger partial charge in [-0.25, -0.2) is 4.79 Å². The minimum Gasteiger partial charge on any atom is -0.481 e. The molecule has 1 unspecified atom stereocenters. The maximum absolute atomic E-state index is 11.7. The number of carboxylic acid groups (broad SMARTS) is 1. The highest BCUT2D eigenvalue weighted by molar-refractivity contribution is 6.30. The zero-order chi connectivity index (χ0) is 16.4. The Labute approximate surface area is 134 Å². The summed E-state index contributed by atoms with van der Waals surface area (Å²) in [7, 11) is 1.61. The molecule has 0 aliphatic heterocycles. The summed E-state index contributed by atoms with van der Waals surface area (Å²) in [5, 5.41) is 14.5. The van der Waals surface area contributed by atoms with Crippen LogP contribution in [0.3, 0.4) is 0 Å². The van der Waals surface area contributed by atoms with Gasteiger partial charge in [0.15, 0.2) is 0 Å². The monoisotopic (exact) mass is 328 g/mol. The van der Waals surface area contributed by atoms with Crippen LogP contribution in [0.5, 0.6) is 0 Å². The van der Waals surface area contributed by atoms with Crippen molar-refractivity contribution in [2.75, 3.05) is 26.8 Å². The van der Waals surface area contributed by atoms with Gasteiger partial charge in [0.1, 0.15) is 0 Å². The Kier molecular flexibility index (Phi) is 8.32. The van der Waals surface area contributed by atoms with E-state index in [1.54, 1.807) is 19.2 Å². The number of urea groups is 1. The fraction of sp³-hybridized carbons (Fsp3) is 0.467. The molecule has 0 fully saturated rings. The van der Waals surface area contributed by atoms with E-state index in [-0.39, 0.29) is 18.4 Å². The fourth-order valence-electron chi connectivity index (χ4n) is 1.93. The number of carbonyl (C=O) groups is 2. The van der Waals surface area contributed by atoms with Gasteiger partial charge in [-0.05, 0) is 24.1 Å². The fourth-order valence-corrected chi connectivity index (χ4v) is 2.06. The number of amides is 2. The molecule has 1 aromatic carbocycles. The van der Waals surface area contributed by atoms with Gasteiger partial charge in [-0.15, -0.1) is 0 Å². The highest BCUT2D eigenvalue weighted by atomic mass is 35.5. The van der Waals surface area contributed by atoms with Gasteiger partial charge < -0.3 is 20.5 Å². The highest BCUT2D eigenvalue weighted by Gasteiger charge is 2.13. The van der Waals surface area contributed by atoms with Crippen LogP contribution in [0.1, 0.15) is 24.3 Å². The molecule has 7 heteroatoms. The molecule has 0 radical (unpaired) electrons. The summed E-state index contributed by atoms with van der Waals surface area (Å²) >= 11 is 5.86. The first-order chi connectivity index (χ1) is 10.5. The molecule has 0 bridgehead atoms. The molecule has 122 valence electrons. The van der Waals surface area contributed by atoms with Crippen molar-refractivity contribution in [2.45, 2.75) is 18.8 Å². The first-order valence-electron chi connectivity index (χ1n) is 7.00. The standard InChI is InChI=1S/C15H21ClN2O4/c1-22-10-12(11-4-6-13(16)7-5-11)9-18-15(21)17-8-2-3-14(19)20/h4-7,12H,2-3,8-10H2,1H3,(H,19,20)(H2,17,18,21). The smallest absolute Gasteiger partial charge is 0.314 e. The number of rotatable bonds is 9. The van der Waals surface area contributed by atoms with Crippen LogP contribution in [-0.2, 0) is 9.53 Å². The first kappa shape index (κ1) is 18.3. The molecule has 22 heavy (non-hydrogen) atoms. The summed E-state index contributed by atoms with van der Waals surface area (Å²) in [6.07, 6.45) is 0.443. The van der Waals surface area contributed by atoms with Gasteiger partial charge in [-0.2, -0.15) is 0 Å². The van der Waals surface area contributed by atoms with Crippen molar-refractivity contribution in [1.29, 1.82) is 0 Å². The number of carbonyl (C=O) groups excluding carboxylic acids is 1. The average Bonchev–Trinajstić information content (AvgIpc) is 2.49. The number of ether oxygens (including phenoxy) is 1. The number of halogens is 1. The Hall–Kier alpha value is -1.79. The number of hydrogen-bond acceptors (Lipinski definition) is 3. The minimum atomic E-state index is -0.870. The second-order valence-corrected chi connectivity index (χ2v) is 5.27. The van der Waals surface area contributed by atoms with Crippen LogP contribution in [0.25, 0.3) is 0 Å². The van der Waals surface area contributed by atoms with E-state index in [0.29, 0.717) is 31.1 Å². The van der Waals surface area contributed by atoms with Crippen molar-refractivity contribution in [2.24, 2.45) is 0 Å². The lowest BCUT2D eigenvalue weighted by Crippen LogP contribution is -2.39. The van der Waals surface area contributed by atoms with Gasteiger partial charge in [0.25, 0.3) is 0 Å². The van der Waals surface area contributed by atoms with Crippen molar-refractivity contribution >= 4 is 23.6 Å². The Balaban J connectivity index is 2.39. The number of methoxy groups -OCH3 is 1. The molecular formula is C15H21ClN2O4. The van der Waals surface area contributed by atoms with Gasteiger partial charge in [-0.1, -0.05) is 23.7 Å². The highest BCUT2D eigenvalue weighted by Crippen LogP contribution is 2.18. The van der Waals surface area contributed by atoms with Crippen molar-refractivity contribution in [3.8, 4) is 0 Å². The molecular weight excluding hydrogens is 308 g/mol. The third kappa shape index (κ3) is 7.28. The lowest BCUT2D eigenvalue weighted by molar-refractivity contribution is -0.137. The van der Waals surface area contributed by atoms with Crippen LogP contribution in [0.4, 0.5) is 4.79 Å². The van der Waals surface area contributed by atoms with Gasteiger partial charge in [0.05, 0.1) is 6.61 Å². The van der Waals surface area contributed by atoms with Crippen molar-refractivity contribution in [1.82, 2.24) is 10.6 Å². The first-order valence-corrected chi connectivity index (χ1v) is 7.38. The molecule has 0 aromatic heterocycles. The minimum absolute atomic E-state index is 0.0204. The van der Waals surface area contributed by atoms with Gasteiger partial charge in [0, 0.05) is 37.6 Å². The van der Waals surface area contributed by atoms with Gasteiger partial charge in [-0.3, -0.25) is 4.79 Å². The SMILES string of the molecule is COCC(CNC(=O)NCCCC(=O)O)c1ccc(Cl)cc1. The zero-order valence-electron chi connectivity index (χ0n) is 12.5. The third-order valence-corrected chi connectivity index (χ3v) is 3.32. The Morgan fingerprint density at radius 3 is 2.55 bits per heavy atom. The topological polar surface area (TPSA) is 87.7 Å². The predicted octanol–water partition coefficient (Wildman–Crippen LogP) is 2.23. The van der Waals surface area contributed by atoms with E-state index < -0.39 is 5.97 Å². The van der Waals surface area contributed by atoms with Crippen LogP contribution in [0, 0.1) is 0 Å². The van der Waals surface area contributed by atoms with Crippen LogP contribution in [0.2, 0.25) is 5.02 Å². The summed E-state index contributed by atoms with van der Waals surface area (Å²) in [6.45, 7) is 1.22. The molecule has 0 aliphatic carbocycles. The second kappa shape index (κ2) is 10.0. The molecule has 0 saturated heterocycles. The van der Waals surface area contributed by atoms with Crippen LogP contribution in [0.15, 0.2) is 24.3 Å². The molecule has 3 N–H and O–H groups in total. The molecule has 0 aliphatic rings. The number of nitrogens with one attached hydrogen (secondary N) is 2. The Morgan fingerprint density at radius 1 is 1.27 bits per heavy atom. The maximum Gasteiger partial charge on any atom is 0.314 e. The maximum atomic E-state index is 11.7. The molecule has 1 aromatic rings. The zero-order valence-corrected chi connectivity index (χ0v) is 13.2. The summed E-state index contributed by atoms with van der Waals surface area (Å²) in [5.74, 6) is -0.850. The molecule has 1 rings (SSSR count). The normalized spacial score (nSPS) is 11.7. The predicted molar refractivity (Wildman–Crippen MR) is 84.3 cm³/mol. The lowest BCUT2D eigenvalue weighted by atomic mass is 10.00. The van der Waals surface area contributed by atoms with Crippen LogP contribution >= 0.6 is 11.6 Å². The van der Waals surface area contributed by atoms with E-state index in [2.05, 4.69) is 10.6 Å². The number of aliphatic carboxylic acids is 1. The quantitative estimate of drug-likeness (QED) is 0.607.